The van der Waals surface area contributed by atoms with Gasteiger partial charge in [-0.25, -0.2) is 17.8 Å². The van der Waals surface area contributed by atoms with E-state index in [0.717, 1.165) is 41.0 Å². The van der Waals surface area contributed by atoms with Crippen LogP contribution in [-0.2, 0) is 21.3 Å². The Balaban J connectivity index is 1.45. The van der Waals surface area contributed by atoms with Crippen LogP contribution in [0.15, 0.2) is 53.4 Å². The zero-order valence-electron chi connectivity index (χ0n) is 20.6. The Hall–Kier alpha value is -3.01. The van der Waals surface area contributed by atoms with Crippen molar-refractivity contribution in [3.05, 3.63) is 76.6 Å². The van der Waals surface area contributed by atoms with Gasteiger partial charge in [-0.3, -0.25) is 4.79 Å². The zero-order chi connectivity index (χ0) is 25.2. The number of para-hydroxylation sites is 1. The SMILES string of the molecule is Cc1ccccc1-n1nc(C)c(CN(C)C(=O)c2ccc(S(=O)(=O)NCC3CCCO3)cc2)c1C. The monoisotopic (exact) mass is 496 g/mol. The summed E-state index contributed by atoms with van der Waals surface area (Å²) in [5, 5.41) is 4.71. The van der Waals surface area contributed by atoms with Gasteiger partial charge in [-0.1, -0.05) is 18.2 Å². The number of aromatic nitrogens is 2. The van der Waals surface area contributed by atoms with E-state index in [4.69, 9.17) is 9.84 Å². The number of benzene rings is 2. The van der Waals surface area contributed by atoms with Crippen molar-refractivity contribution >= 4 is 15.9 Å². The van der Waals surface area contributed by atoms with E-state index in [9.17, 15) is 13.2 Å². The minimum atomic E-state index is -3.66. The van der Waals surface area contributed by atoms with Crippen molar-refractivity contribution in [2.45, 2.75) is 51.2 Å². The number of rotatable bonds is 8. The molecule has 0 radical (unpaired) electrons. The van der Waals surface area contributed by atoms with Crippen LogP contribution in [0.25, 0.3) is 5.69 Å². The van der Waals surface area contributed by atoms with E-state index < -0.39 is 10.0 Å². The third kappa shape index (κ3) is 5.47. The van der Waals surface area contributed by atoms with Gasteiger partial charge in [-0.05, 0) is 69.5 Å². The largest absolute Gasteiger partial charge is 0.377 e. The molecule has 186 valence electrons. The second kappa shape index (κ2) is 10.3. The molecule has 1 aliphatic rings. The Bertz CT molecular complexity index is 1310. The summed E-state index contributed by atoms with van der Waals surface area (Å²) in [5.74, 6) is -0.191. The van der Waals surface area contributed by atoms with Gasteiger partial charge >= 0.3 is 0 Å². The van der Waals surface area contributed by atoms with Crippen molar-refractivity contribution in [1.29, 1.82) is 0 Å². The molecule has 1 aromatic heterocycles. The Kier molecular flexibility index (Phi) is 7.39. The quantitative estimate of drug-likeness (QED) is 0.515. The molecule has 0 saturated carbocycles. The molecular weight excluding hydrogens is 464 g/mol. The fourth-order valence-corrected chi connectivity index (χ4v) is 5.40. The second-order valence-corrected chi connectivity index (χ2v) is 10.8. The molecule has 0 spiro atoms. The summed E-state index contributed by atoms with van der Waals surface area (Å²) < 4.78 is 35.2. The van der Waals surface area contributed by atoms with E-state index in [0.29, 0.717) is 18.7 Å². The number of amides is 1. The van der Waals surface area contributed by atoms with E-state index in [2.05, 4.69) is 4.72 Å². The molecule has 4 rings (SSSR count). The molecule has 1 fully saturated rings. The van der Waals surface area contributed by atoms with Crippen LogP contribution in [0.3, 0.4) is 0 Å². The number of ether oxygens (including phenoxy) is 1. The average Bonchev–Trinajstić information content (AvgIpc) is 3.47. The van der Waals surface area contributed by atoms with E-state index in [-0.39, 0.29) is 23.5 Å². The maximum atomic E-state index is 13.1. The normalized spacial score (nSPS) is 15.9. The first-order valence-corrected chi connectivity index (χ1v) is 13.2. The molecule has 1 atom stereocenters. The van der Waals surface area contributed by atoms with Gasteiger partial charge < -0.3 is 9.64 Å². The lowest BCUT2D eigenvalue weighted by atomic mass is 10.1. The predicted octanol–water partition coefficient (Wildman–Crippen LogP) is 3.53. The number of sulfonamides is 1. The number of hydrogen-bond acceptors (Lipinski definition) is 5. The number of nitrogens with zero attached hydrogens (tertiary/aromatic N) is 3. The molecule has 1 amide bonds. The fourth-order valence-electron chi connectivity index (χ4n) is 4.34. The van der Waals surface area contributed by atoms with E-state index in [1.54, 1.807) is 24.1 Å². The topological polar surface area (TPSA) is 93.5 Å². The first-order chi connectivity index (χ1) is 16.7. The van der Waals surface area contributed by atoms with Gasteiger partial charge in [0.1, 0.15) is 0 Å². The fraction of sp³-hybridized carbons (Fsp3) is 0.385. The van der Waals surface area contributed by atoms with Gasteiger partial charge in [0.2, 0.25) is 10.0 Å². The van der Waals surface area contributed by atoms with Crippen LogP contribution in [0.1, 0.15) is 45.7 Å². The van der Waals surface area contributed by atoms with Crippen molar-refractivity contribution in [2.75, 3.05) is 20.2 Å². The van der Waals surface area contributed by atoms with Gasteiger partial charge in [0.05, 0.1) is 22.4 Å². The average molecular weight is 497 g/mol. The maximum Gasteiger partial charge on any atom is 0.253 e. The van der Waals surface area contributed by atoms with Crippen LogP contribution >= 0.6 is 0 Å². The Labute approximate surface area is 207 Å². The predicted molar refractivity (Wildman–Crippen MR) is 134 cm³/mol. The van der Waals surface area contributed by atoms with Gasteiger partial charge in [-0.2, -0.15) is 5.10 Å². The minimum Gasteiger partial charge on any atom is -0.377 e. The third-order valence-corrected chi connectivity index (χ3v) is 7.90. The Morgan fingerprint density at radius 1 is 1.14 bits per heavy atom. The molecule has 3 aromatic rings. The lowest BCUT2D eigenvalue weighted by molar-refractivity contribution is 0.0784. The van der Waals surface area contributed by atoms with Gasteiger partial charge in [-0.15, -0.1) is 0 Å². The van der Waals surface area contributed by atoms with Crippen molar-refractivity contribution < 1.29 is 17.9 Å². The minimum absolute atomic E-state index is 0.0821. The molecule has 8 nitrogen and oxygen atoms in total. The first kappa shape index (κ1) is 25.1. The van der Waals surface area contributed by atoms with Crippen LogP contribution in [0.5, 0.6) is 0 Å². The van der Waals surface area contributed by atoms with Crippen molar-refractivity contribution in [1.82, 2.24) is 19.4 Å². The number of aryl methyl sites for hydroxylation is 2. The van der Waals surface area contributed by atoms with Gasteiger partial charge in [0.15, 0.2) is 0 Å². The highest BCUT2D eigenvalue weighted by Crippen LogP contribution is 2.22. The summed E-state index contributed by atoms with van der Waals surface area (Å²) in [4.78, 5) is 14.8. The molecule has 0 bridgehead atoms. The second-order valence-electron chi connectivity index (χ2n) is 9.02. The summed E-state index contributed by atoms with van der Waals surface area (Å²) in [6.45, 7) is 7.31. The molecule has 2 heterocycles. The maximum absolute atomic E-state index is 13.1. The molecule has 1 saturated heterocycles. The summed E-state index contributed by atoms with van der Waals surface area (Å²) in [5.41, 5.74) is 5.39. The Morgan fingerprint density at radius 2 is 1.86 bits per heavy atom. The van der Waals surface area contributed by atoms with Crippen molar-refractivity contribution in [3.8, 4) is 5.69 Å². The van der Waals surface area contributed by atoms with Gasteiger partial charge in [0.25, 0.3) is 5.91 Å². The number of nitrogens with one attached hydrogen (secondary N) is 1. The van der Waals surface area contributed by atoms with Crippen LogP contribution in [0.2, 0.25) is 0 Å². The highest BCUT2D eigenvalue weighted by Gasteiger charge is 2.22. The summed E-state index contributed by atoms with van der Waals surface area (Å²) >= 11 is 0. The number of carbonyl (C=O) groups excluding carboxylic acids is 1. The lowest BCUT2D eigenvalue weighted by Crippen LogP contribution is -2.32. The van der Waals surface area contributed by atoms with Crippen molar-refractivity contribution in [3.63, 3.8) is 0 Å². The van der Waals surface area contributed by atoms with Crippen LogP contribution in [-0.4, -0.2) is 55.3 Å². The molecule has 1 aliphatic heterocycles. The summed E-state index contributed by atoms with van der Waals surface area (Å²) in [7, 11) is -1.93. The molecule has 2 aromatic carbocycles. The van der Waals surface area contributed by atoms with E-state index >= 15 is 0 Å². The smallest absolute Gasteiger partial charge is 0.253 e. The van der Waals surface area contributed by atoms with Crippen molar-refractivity contribution in [2.24, 2.45) is 0 Å². The molecule has 1 unspecified atom stereocenters. The highest BCUT2D eigenvalue weighted by molar-refractivity contribution is 7.89. The molecule has 9 heteroatoms. The molecular formula is C26H32N4O4S. The third-order valence-electron chi connectivity index (χ3n) is 6.46. The molecule has 1 N–H and O–H groups in total. The molecule has 35 heavy (non-hydrogen) atoms. The highest BCUT2D eigenvalue weighted by atomic mass is 32.2. The number of hydrogen-bond donors (Lipinski definition) is 1. The standard InChI is InChI=1S/C26H32N4O4S/c1-18-8-5-6-10-25(18)30-20(3)24(19(2)28-30)17-29(4)26(31)21-11-13-23(14-12-21)35(32,33)27-16-22-9-7-15-34-22/h5-6,8,10-14,22,27H,7,9,15-17H2,1-4H3. The summed E-state index contributed by atoms with van der Waals surface area (Å²) in [6.07, 6.45) is 1.72. The van der Waals surface area contributed by atoms with E-state index in [1.807, 2.05) is 49.7 Å². The van der Waals surface area contributed by atoms with Gasteiger partial charge in [0, 0.05) is 43.6 Å². The lowest BCUT2D eigenvalue weighted by Gasteiger charge is -2.18. The van der Waals surface area contributed by atoms with E-state index in [1.165, 1.54) is 12.1 Å². The number of carbonyl (C=O) groups is 1. The van der Waals surface area contributed by atoms with Crippen LogP contribution in [0, 0.1) is 20.8 Å². The first-order valence-electron chi connectivity index (χ1n) is 11.8. The summed E-state index contributed by atoms with van der Waals surface area (Å²) in [6, 6.07) is 14.1. The molecule has 0 aliphatic carbocycles. The Morgan fingerprint density at radius 3 is 2.51 bits per heavy atom. The zero-order valence-corrected chi connectivity index (χ0v) is 21.4. The van der Waals surface area contributed by atoms with Crippen LogP contribution in [0.4, 0.5) is 0 Å². The van der Waals surface area contributed by atoms with Crippen LogP contribution < -0.4 is 4.72 Å².